The molecular formula is C56H38S. The fourth-order valence-corrected chi connectivity index (χ4v) is 10.3. The fourth-order valence-electron chi connectivity index (χ4n) is 9.12. The van der Waals surface area contributed by atoms with E-state index in [1.54, 1.807) is 0 Å². The largest absolute Gasteiger partial charge is 0.135 e. The summed E-state index contributed by atoms with van der Waals surface area (Å²) < 4.78 is 2.63. The maximum Gasteiger partial charge on any atom is 0.0368 e. The molecule has 0 aliphatic heterocycles. The predicted octanol–water partition coefficient (Wildman–Crippen LogP) is 16.5. The SMILES string of the molecule is Cc1cc(-c2cc3ccccc3cc2-c2ccccc2)ccc1-c1cc2sc3cc(-c4cc5ccccc5cc4-c4ccccc4)ccc3c2c2cccc(C)c12. The van der Waals surface area contributed by atoms with Gasteiger partial charge in [0.2, 0.25) is 0 Å². The highest BCUT2D eigenvalue weighted by Gasteiger charge is 2.19. The van der Waals surface area contributed by atoms with Gasteiger partial charge in [-0.1, -0.05) is 158 Å². The third-order valence-electron chi connectivity index (χ3n) is 11.9. The van der Waals surface area contributed by atoms with E-state index in [0.717, 1.165) is 0 Å². The van der Waals surface area contributed by atoms with Gasteiger partial charge < -0.3 is 0 Å². The highest BCUT2D eigenvalue weighted by molar-refractivity contribution is 7.26. The molecule has 0 aliphatic carbocycles. The van der Waals surface area contributed by atoms with Crippen LogP contribution in [0.15, 0.2) is 194 Å². The zero-order valence-electron chi connectivity index (χ0n) is 31.9. The van der Waals surface area contributed by atoms with Crippen molar-refractivity contribution in [3.63, 3.8) is 0 Å². The maximum atomic E-state index is 2.47. The number of hydrogen-bond acceptors (Lipinski definition) is 1. The number of rotatable bonds is 5. The van der Waals surface area contributed by atoms with Crippen LogP contribution in [-0.2, 0) is 0 Å². The summed E-state index contributed by atoms with van der Waals surface area (Å²) in [6.07, 6.45) is 0. The van der Waals surface area contributed by atoms with Crippen molar-refractivity contribution in [2.45, 2.75) is 13.8 Å². The lowest BCUT2D eigenvalue weighted by atomic mass is 9.87. The number of fused-ring (bicyclic) bond motifs is 7. The van der Waals surface area contributed by atoms with Crippen molar-refractivity contribution in [3.05, 3.63) is 205 Å². The standard InChI is InChI=1S/C56H38S/c1-35-14-13-23-47-55(35)52(45-26-24-43(28-36(45)2)50-31-41-21-11-9-19-39(41)29-48(50)37-15-5-3-6-16-37)34-54-56(47)46-27-25-44(33-53(46)57-54)51-32-42-22-12-10-20-40(42)30-49(51)38-17-7-4-8-18-38/h3-34H,1-2H3. The summed E-state index contributed by atoms with van der Waals surface area (Å²) in [6.45, 7) is 4.54. The van der Waals surface area contributed by atoms with Crippen LogP contribution < -0.4 is 0 Å². The molecule has 0 amide bonds. The van der Waals surface area contributed by atoms with E-state index in [2.05, 4.69) is 208 Å². The first kappa shape index (κ1) is 33.5. The van der Waals surface area contributed by atoms with E-state index in [9.17, 15) is 0 Å². The van der Waals surface area contributed by atoms with Crippen molar-refractivity contribution in [2.24, 2.45) is 0 Å². The lowest BCUT2D eigenvalue weighted by molar-refractivity contribution is 1.46. The first-order valence-corrected chi connectivity index (χ1v) is 20.6. The summed E-state index contributed by atoms with van der Waals surface area (Å²) in [6, 6.07) is 71.9. The molecule has 11 rings (SSSR count). The van der Waals surface area contributed by atoms with E-state index in [0.29, 0.717) is 0 Å². The number of thiophene rings is 1. The molecule has 0 saturated heterocycles. The Morgan fingerprint density at radius 1 is 0.281 bits per heavy atom. The number of hydrogen-bond donors (Lipinski definition) is 0. The average molecular weight is 743 g/mol. The van der Waals surface area contributed by atoms with Gasteiger partial charge in [-0.05, 0) is 149 Å². The van der Waals surface area contributed by atoms with Gasteiger partial charge in [0.15, 0.2) is 0 Å². The monoisotopic (exact) mass is 742 g/mol. The van der Waals surface area contributed by atoms with Crippen LogP contribution in [0.25, 0.3) is 108 Å². The van der Waals surface area contributed by atoms with Gasteiger partial charge in [-0.2, -0.15) is 0 Å². The lowest BCUT2D eigenvalue weighted by Crippen LogP contribution is -1.91. The summed E-state index contributed by atoms with van der Waals surface area (Å²) in [5.41, 5.74) is 15.1. The summed E-state index contributed by atoms with van der Waals surface area (Å²) in [7, 11) is 0. The molecule has 0 saturated carbocycles. The van der Waals surface area contributed by atoms with Crippen molar-refractivity contribution < 1.29 is 0 Å². The molecule has 0 unspecified atom stereocenters. The average Bonchev–Trinajstić information content (AvgIpc) is 3.64. The van der Waals surface area contributed by atoms with Gasteiger partial charge in [0.05, 0.1) is 0 Å². The molecule has 0 spiro atoms. The summed E-state index contributed by atoms with van der Waals surface area (Å²) in [5, 5.41) is 10.4. The van der Waals surface area contributed by atoms with Crippen LogP contribution in [0.4, 0.5) is 0 Å². The van der Waals surface area contributed by atoms with Crippen LogP contribution in [0.5, 0.6) is 0 Å². The van der Waals surface area contributed by atoms with E-state index in [1.807, 2.05) is 11.3 Å². The molecule has 1 aromatic heterocycles. The molecule has 10 aromatic carbocycles. The van der Waals surface area contributed by atoms with E-state index in [4.69, 9.17) is 0 Å². The van der Waals surface area contributed by atoms with Gasteiger partial charge in [0, 0.05) is 20.2 Å². The predicted molar refractivity (Wildman–Crippen MR) is 249 cm³/mol. The molecule has 11 aromatic rings. The minimum atomic E-state index is 1.23. The first-order chi connectivity index (χ1) is 28.1. The van der Waals surface area contributed by atoms with E-state index >= 15 is 0 Å². The van der Waals surface area contributed by atoms with Gasteiger partial charge in [-0.15, -0.1) is 11.3 Å². The third kappa shape index (κ3) is 5.66. The van der Waals surface area contributed by atoms with Crippen molar-refractivity contribution in [1.29, 1.82) is 0 Å². The van der Waals surface area contributed by atoms with Crippen molar-refractivity contribution >= 4 is 63.8 Å². The summed E-state index contributed by atoms with van der Waals surface area (Å²) in [4.78, 5) is 0. The molecule has 0 radical (unpaired) electrons. The highest BCUT2D eigenvalue weighted by atomic mass is 32.1. The zero-order valence-corrected chi connectivity index (χ0v) is 32.7. The van der Waals surface area contributed by atoms with Crippen LogP contribution in [0.3, 0.4) is 0 Å². The second-order valence-electron chi connectivity index (χ2n) is 15.4. The molecule has 1 heteroatoms. The van der Waals surface area contributed by atoms with Gasteiger partial charge in [0.25, 0.3) is 0 Å². The van der Waals surface area contributed by atoms with Gasteiger partial charge in [0.1, 0.15) is 0 Å². The van der Waals surface area contributed by atoms with Crippen molar-refractivity contribution in [3.8, 4) is 55.6 Å². The van der Waals surface area contributed by atoms with Crippen LogP contribution in [-0.4, -0.2) is 0 Å². The molecule has 0 fully saturated rings. The molecular weight excluding hydrogens is 705 g/mol. The Morgan fingerprint density at radius 2 is 0.789 bits per heavy atom. The normalized spacial score (nSPS) is 11.7. The van der Waals surface area contributed by atoms with Gasteiger partial charge in [-0.25, -0.2) is 0 Å². The quantitative estimate of drug-likeness (QED) is 0.165. The van der Waals surface area contributed by atoms with Crippen LogP contribution >= 0.6 is 11.3 Å². The maximum absolute atomic E-state index is 2.47. The zero-order chi connectivity index (χ0) is 38.0. The van der Waals surface area contributed by atoms with Gasteiger partial charge >= 0.3 is 0 Å². The van der Waals surface area contributed by atoms with Crippen LogP contribution in [0.1, 0.15) is 11.1 Å². The van der Waals surface area contributed by atoms with E-state index in [1.165, 1.54) is 119 Å². The Labute approximate surface area is 336 Å². The van der Waals surface area contributed by atoms with Crippen molar-refractivity contribution in [2.75, 3.05) is 0 Å². The molecule has 0 N–H and O–H groups in total. The smallest absolute Gasteiger partial charge is 0.0368 e. The van der Waals surface area contributed by atoms with Crippen LogP contribution in [0.2, 0.25) is 0 Å². The minimum absolute atomic E-state index is 1.23. The topological polar surface area (TPSA) is 0 Å². The molecule has 0 aliphatic rings. The molecule has 0 nitrogen and oxygen atoms in total. The Morgan fingerprint density at radius 3 is 1.35 bits per heavy atom. The molecule has 0 bridgehead atoms. The van der Waals surface area contributed by atoms with Gasteiger partial charge in [-0.3, -0.25) is 0 Å². The molecule has 0 atom stereocenters. The Hall–Kier alpha value is -6.80. The Bertz CT molecular complexity index is 3350. The van der Waals surface area contributed by atoms with E-state index in [-0.39, 0.29) is 0 Å². The minimum Gasteiger partial charge on any atom is -0.135 e. The Kier molecular flexibility index (Phi) is 7.91. The van der Waals surface area contributed by atoms with E-state index < -0.39 is 0 Å². The highest BCUT2D eigenvalue weighted by Crippen LogP contribution is 2.47. The first-order valence-electron chi connectivity index (χ1n) is 19.7. The second kappa shape index (κ2) is 13.4. The summed E-state index contributed by atoms with van der Waals surface area (Å²) in [5.74, 6) is 0. The van der Waals surface area contributed by atoms with Crippen molar-refractivity contribution in [1.82, 2.24) is 0 Å². The second-order valence-corrected chi connectivity index (χ2v) is 16.4. The van der Waals surface area contributed by atoms with Crippen LogP contribution in [0, 0.1) is 13.8 Å². The fraction of sp³-hybridized carbons (Fsp3) is 0.0357. The number of aryl methyl sites for hydroxylation is 2. The number of benzene rings is 10. The lowest BCUT2D eigenvalue weighted by Gasteiger charge is -2.17. The molecule has 57 heavy (non-hydrogen) atoms. The molecule has 268 valence electrons. The third-order valence-corrected chi connectivity index (χ3v) is 13.0. The molecule has 1 heterocycles. The summed E-state index contributed by atoms with van der Waals surface area (Å²) >= 11 is 1.91. The Balaban J connectivity index is 1.08.